The van der Waals surface area contributed by atoms with Crippen LogP contribution in [-0.2, 0) is 19.6 Å². The molecule has 0 bridgehead atoms. The predicted molar refractivity (Wildman–Crippen MR) is 126 cm³/mol. The van der Waals surface area contributed by atoms with E-state index in [9.17, 15) is 18.0 Å². The first kappa shape index (κ1) is 25.5. The van der Waals surface area contributed by atoms with Crippen LogP contribution in [0.1, 0.15) is 25.3 Å². The molecule has 3 N–H and O–H groups in total. The minimum Gasteiger partial charge on any atom is -0.490 e. The molecule has 2 amide bonds. The van der Waals surface area contributed by atoms with Gasteiger partial charge in [-0.15, -0.1) is 0 Å². The monoisotopic (exact) mass is 508 g/mol. The van der Waals surface area contributed by atoms with Crippen LogP contribution in [0.5, 0.6) is 11.5 Å². The fourth-order valence-electron chi connectivity index (χ4n) is 3.42. The van der Waals surface area contributed by atoms with Gasteiger partial charge in [-0.2, -0.15) is 9.41 Å². The van der Waals surface area contributed by atoms with Gasteiger partial charge in [0.1, 0.15) is 6.04 Å². The van der Waals surface area contributed by atoms with Crippen molar-refractivity contribution in [2.24, 2.45) is 10.8 Å². The molecule has 0 saturated carbocycles. The standard InChI is InChI=1S/C22H25ClN4O6S/c1-2-32-20-12-15(5-10-19(20)33-14-21(24)28)13-25-26-22(29)18-4-3-11-27(18)34(30,31)17-8-6-16(23)7-9-17/h5-10,12-13,18H,2-4,11,14H2,1H3,(H2,24,28)(H,26,29)/b25-13-/t18-/m1/s1. The predicted octanol–water partition coefficient (Wildman–Crippen LogP) is 1.91. The minimum absolute atomic E-state index is 0.0715. The van der Waals surface area contributed by atoms with E-state index in [1.165, 1.54) is 34.8 Å². The molecule has 0 unspecified atom stereocenters. The highest BCUT2D eigenvalue weighted by molar-refractivity contribution is 7.89. The summed E-state index contributed by atoms with van der Waals surface area (Å²) in [5, 5.41) is 4.38. The number of hydrogen-bond donors (Lipinski definition) is 2. The molecule has 12 heteroatoms. The Kier molecular flexibility index (Phi) is 8.48. The van der Waals surface area contributed by atoms with E-state index in [1.54, 1.807) is 25.1 Å². The smallest absolute Gasteiger partial charge is 0.258 e. The number of rotatable bonds is 10. The third-order valence-electron chi connectivity index (χ3n) is 4.95. The van der Waals surface area contributed by atoms with Crippen LogP contribution in [0.3, 0.4) is 0 Å². The Morgan fingerprint density at radius 2 is 1.94 bits per heavy atom. The second-order valence-corrected chi connectivity index (χ2v) is 9.68. The fourth-order valence-corrected chi connectivity index (χ4v) is 5.20. The number of hydrogen-bond acceptors (Lipinski definition) is 7. The molecule has 1 aliphatic rings. The summed E-state index contributed by atoms with van der Waals surface area (Å²) in [4.78, 5) is 23.7. The van der Waals surface area contributed by atoms with Crippen molar-refractivity contribution in [2.45, 2.75) is 30.7 Å². The number of sulfonamides is 1. The van der Waals surface area contributed by atoms with Crippen LogP contribution in [0.2, 0.25) is 5.02 Å². The molecule has 1 aliphatic heterocycles. The van der Waals surface area contributed by atoms with Crippen molar-refractivity contribution in [3.05, 3.63) is 53.1 Å². The van der Waals surface area contributed by atoms with E-state index in [4.69, 9.17) is 26.8 Å². The number of nitrogens with zero attached hydrogens (tertiary/aromatic N) is 2. The fraction of sp³-hybridized carbons (Fsp3) is 0.318. The van der Waals surface area contributed by atoms with Gasteiger partial charge in [0.2, 0.25) is 10.0 Å². The van der Waals surface area contributed by atoms with Crippen molar-refractivity contribution in [3.63, 3.8) is 0 Å². The summed E-state index contributed by atoms with van der Waals surface area (Å²) >= 11 is 5.85. The van der Waals surface area contributed by atoms with Crippen LogP contribution < -0.4 is 20.6 Å². The highest BCUT2D eigenvalue weighted by Crippen LogP contribution is 2.29. The zero-order valence-corrected chi connectivity index (χ0v) is 20.0. The van der Waals surface area contributed by atoms with Gasteiger partial charge in [0.25, 0.3) is 11.8 Å². The molecule has 182 valence electrons. The molecule has 0 radical (unpaired) electrons. The normalized spacial score (nSPS) is 16.5. The zero-order chi connectivity index (χ0) is 24.7. The maximum absolute atomic E-state index is 13.0. The first-order valence-electron chi connectivity index (χ1n) is 10.5. The van der Waals surface area contributed by atoms with Gasteiger partial charge in [0, 0.05) is 11.6 Å². The number of primary amides is 1. The van der Waals surface area contributed by atoms with E-state index in [1.807, 2.05) is 0 Å². The Hall–Kier alpha value is -3.15. The molecule has 0 aliphatic carbocycles. The molecular weight excluding hydrogens is 484 g/mol. The Morgan fingerprint density at radius 1 is 1.21 bits per heavy atom. The van der Waals surface area contributed by atoms with Crippen molar-refractivity contribution < 1.29 is 27.5 Å². The molecule has 0 spiro atoms. The van der Waals surface area contributed by atoms with Gasteiger partial charge in [-0.3, -0.25) is 9.59 Å². The largest absolute Gasteiger partial charge is 0.490 e. The average Bonchev–Trinajstić information content (AvgIpc) is 3.30. The first-order valence-corrected chi connectivity index (χ1v) is 12.3. The van der Waals surface area contributed by atoms with Crippen LogP contribution in [0.4, 0.5) is 0 Å². The van der Waals surface area contributed by atoms with Crippen molar-refractivity contribution >= 4 is 39.7 Å². The number of benzene rings is 2. The number of hydrazone groups is 1. The van der Waals surface area contributed by atoms with Crippen LogP contribution in [-0.4, -0.2) is 56.6 Å². The Morgan fingerprint density at radius 3 is 2.62 bits per heavy atom. The van der Waals surface area contributed by atoms with E-state index in [2.05, 4.69) is 10.5 Å². The quantitative estimate of drug-likeness (QED) is 0.371. The SMILES string of the molecule is CCOc1cc(/C=N\NC(=O)[C@H]2CCCN2S(=O)(=O)c2ccc(Cl)cc2)ccc1OCC(N)=O. The number of halogens is 1. The average molecular weight is 509 g/mol. The molecule has 1 atom stereocenters. The zero-order valence-electron chi connectivity index (χ0n) is 18.4. The summed E-state index contributed by atoms with van der Waals surface area (Å²) in [6.45, 7) is 2.10. The molecule has 3 rings (SSSR count). The molecule has 0 aromatic heterocycles. The number of ether oxygens (including phenoxy) is 2. The van der Waals surface area contributed by atoms with Crippen LogP contribution in [0.25, 0.3) is 0 Å². The number of carbonyl (C=O) groups excluding carboxylic acids is 2. The number of nitrogens with one attached hydrogen (secondary N) is 1. The van der Waals surface area contributed by atoms with Crippen molar-refractivity contribution in [1.29, 1.82) is 0 Å². The minimum atomic E-state index is -3.86. The summed E-state index contributed by atoms with van der Waals surface area (Å²) in [5.74, 6) is -0.418. The highest BCUT2D eigenvalue weighted by atomic mass is 35.5. The first-order chi connectivity index (χ1) is 16.2. The summed E-state index contributed by atoms with van der Waals surface area (Å²) in [6.07, 6.45) is 2.33. The summed E-state index contributed by atoms with van der Waals surface area (Å²) < 4.78 is 38.0. The number of carbonyl (C=O) groups is 2. The van der Waals surface area contributed by atoms with Gasteiger partial charge in [0.15, 0.2) is 18.1 Å². The highest BCUT2D eigenvalue weighted by Gasteiger charge is 2.39. The lowest BCUT2D eigenvalue weighted by molar-refractivity contribution is -0.124. The van der Waals surface area contributed by atoms with Gasteiger partial charge in [-0.25, -0.2) is 13.8 Å². The Bertz CT molecular complexity index is 1170. The number of amides is 2. The third-order valence-corrected chi connectivity index (χ3v) is 7.13. The second-order valence-electron chi connectivity index (χ2n) is 7.36. The lowest BCUT2D eigenvalue weighted by Gasteiger charge is -2.22. The number of nitrogens with two attached hydrogens (primary N) is 1. The molecule has 10 nitrogen and oxygen atoms in total. The Balaban J connectivity index is 1.68. The van der Waals surface area contributed by atoms with Gasteiger partial charge < -0.3 is 15.2 Å². The van der Waals surface area contributed by atoms with E-state index in [0.717, 1.165) is 0 Å². The maximum Gasteiger partial charge on any atom is 0.258 e. The molecule has 2 aromatic carbocycles. The lowest BCUT2D eigenvalue weighted by atomic mass is 10.2. The Labute approximate surface area is 202 Å². The molecule has 1 fully saturated rings. The van der Waals surface area contributed by atoms with Gasteiger partial charge in [-0.1, -0.05) is 11.6 Å². The summed E-state index contributed by atoms with van der Waals surface area (Å²) in [6, 6.07) is 9.81. The molecule has 1 heterocycles. The van der Waals surface area contributed by atoms with E-state index < -0.39 is 27.9 Å². The second kappa shape index (κ2) is 11.3. The molecule has 2 aromatic rings. The summed E-state index contributed by atoms with van der Waals surface area (Å²) in [7, 11) is -3.86. The van der Waals surface area contributed by atoms with E-state index in [-0.39, 0.29) is 18.0 Å². The van der Waals surface area contributed by atoms with Crippen LogP contribution in [0.15, 0.2) is 52.5 Å². The van der Waals surface area contributed by atoms with Gasteiger partial charge in [0.05, 0.1) is 17.7 Å². The molecular formula is C22H25ClN4O6S. The van der Waals surface area contributed by atoms with Crippen molar-refractivity contribution in [2.75, 3.05) is 19.8 Å². The van der Waals surface area contributed by atoms with Crippen LogP contribution in [0, 0.1) is 0 Å². The van der Waals surface area contributed by atoms with Gasteiger partial charge >= 0.3 is 0 Å². The maximum atomic E-state index is 13.0. The summed E-state index contributed by atoms with van der Waals surface area (Å²) in [5.41, 5.74) is 8.11. The van der Waals surface area contributed by atoms with E-state index in [0.29, 0.717) is 41.5 Å². The topological polar surface area (TPSA) is 140 Å². The molecule has 1 saturated heterocycles. The lowest BCUT2D eigenvalue weighted by Crippen LogP contribution is -2.44. The van der Waals surface area contributed by atoms with E-state index >= 15 is 0 Å². The van der Waals surface area contributed by atoms with Gasteiger partial charge in [-0.05, 0) is 67.8 Å². The van der Waals surface area contributed by atoms with Crippen molar-refractivity contribution in [3.8, 4) is 11.5 Å². The van der Waals surface area contributed by atoms with Crippen LogP contribution >= 0.6 is 11.6 Å². The van der Waals surface area contributed by atoms with Crippen molar-refractivity contribution in [1.82, 2.24) is 9.73 Å². The third kappa shape index (κ3) is 6.25. The molecule has 34 heavy (non-hydrogen) atoms.